The number of anilines is 1. The summed E-state index contributed by atoms with van der Waals surface area (Å²) in [7, 11) is 1.60. The number of hydrogen-bond donors (Lipinski definition) is 2. The molecule has 2 aromatic rings. The normalized spacial score (nSPS) is 18.5. The molecule has 2 aromatic carbocycles. The largest absolute Gasteiger partial charge is 0.497 e. The molecule has 1 atom stereocenters. The molecule has 0 radical (unpaired) electrons. The summed E-state index contributed by atoms with van der Waals surface area (Å²) in [5.74, 6) is -0.174. The molecule has 1 aliphatic rings. The number of ether oxygens (including phenoxy) is 1. The second kappa shape index (κ2) is 8.53. The van der Waals surface area contributed by atoms with Crippen molar-refractivity contribution in [3.63, 3.8) is 0 Å². The van der Waals surface area contributed by atoms with Crippen molar-refractivity contribution in [1.82, 2.24) is 10.2 Å². The molecule has 0 unspecified atom stereocenters. The Labute approximate surface area is 174 Å². The molecule has 1 saturated heterocycles. The number of benzene rings is 2. The molecule has 152 valence electrons. The number of methoxy groups -OCH3 is 1. The van der Waals surface area contributed by atoms with E-state index in [4.69, 9.17) is 16.3 Å². The summed E-state index contributed by atoms with van der Waals surface area (Å²) in [6, 6.07) is 13.7. The van der Waals surface area contributed by atoms with Crippen LogP contribution in [0.1, 0.15) is 18.9 Å². The van der Waals surface area contributed by atoms with Gasteiger partial charge in [0, 0.05) is 0 Å². The van der Waals surface area contributed by atoms with Gasteiger partial charge >= 0.3 is 6.03 Å². The van der Waals surface area contributed by atoms with Crippen LogP contribution in [0.3, 0.4) is 0 Å². The first-order chi connectivity index (χ1) is 13.8. The molecule has 7 nitrogen and oxygen atoms in total. The molecule has 29 heavy (non-hydrogen) atoms. The third kappa shape index (κ3) is 4.68. The topological polar surface area (TPSA) is 87.7 Å². The highest BCUT2D eigenvalue weighted by atomic mass is 35.5. The van der Waals surface area contributed by atoms with Crippen molar-refractivity contribution in [2.45, 2.75) is 25.3 Å². The molecule has 8 heteroatoms. The van der Waals surface area contributed by atoms with E-state index in [9.17, 15) is 14.4 Å². The predicted octanol–water partition coefficient (Wildman–Crippen LogP) is 3.23. The number of imide groups is 1. The number of carbonyl (C=O) groups is 3. The van der Waals surface area contributed by atoms with Gasteiger partial charge in [-0.05, 0) is 49.6 Å². The molecule has 1 fully saturated rings. The standard InChI is InChI=1S/C21H22ClN3O4/c1-21(12-11-14-7-9-15(29-2)10-8-14)19(27)25(20(28)24-21)13-18(26)23-17-6-4-3-5-16(17)22/h3-10H,11-13H2,1-2H3,(H,23,26)(H,24,28)/t21-/m0/s1. The number of aryl methyl sites for hydroxylation is 1. The highest BCUT2D eigenvalue weighted by Crippen LogP contribution is 2.25. The lowest BCUT2D eigenvalue weighted by molar-refractivity contribution is -0.133. The molecule has 0 aliphatic carbocycles. The number of nitrogens with zero attached hydrogens (tertiary/aromatic N) is 1. The zero-order chi connectivity index (χ0) is 21.0. The molecule has 4 amide bonds. The van der Waals surface area contributed by atoms with Gasteiger partial charge in [-0.1, -0.05) is 35.9 Å². The van der Waals surface area contributed by atoms with Gasteiger partial charge in [0.25, 0.3) is 5.91 Å². The number of para-hydroxylation sites is 1. The Morgan fingerprint density at radius 2 is 1.86 bits per heavy atom. The molecule has 3 rings (SSSR count). The Balaban J connectivity index is 1.61. The lowest BCUT2D eigenvalue weighted by Crippen LogP contribution is -2.45. The monoisotopic (exact) mass is 415 g/mol. The molecule has 0 bridgehead atoms. The number of amides is 4. The Morgan fingerprint density at radius 3 is 2.52 bits per heavy atom. The van der Waals surface area contributed by atoms with Crippen LogP contribution in [0.2, 0.25) is 5.02 Å². The molecule has 0 saturated carbocycles. The van der Waals surface area contributed by atoms with Crippen molar-refractivity contribution < 1.29 is 19.1 Å². The highest BCUT2D eigenvalue weighted by molar-refractivity contribution is 6.33. The SMILES string of the molecule is COc1ccc(CC[C@]2(C)NC(=O)N(CC(=O)Nc3ccccc3Cl)C2=O)cc1. The molecular formula is C21H22ClN3O4. The predicted molar refractivity (Wildman–Crippen MR) is 110 cm³/mol. The van der Waals surface area contributed by atoms with E-state index >= 15 is 0 Å². The van der Waals surface area contributed by atoms with Gasteiger partial charge in [-0.3, -0.25) is 14.5 Å². The van der Waals surface area contributed by atoms with Crippen molar-refractivity contribution in [2.75, 3.05) is 19.0 Å². The zero-order valence-electron chi connectivity index (χ0n) is 16.2. The summed E-state index contributed by atoms with van der Waals surface area (Å²) >= 11 is 6.02. The summed E-state index contributed by atoms with van der Waals surface area (Å²) in [6.07, 6.45) is 0.999. The van der Waals surface area contributed by atoms with Crippen LogP contribution in [0.25, 0.3) is 0 Å². The minimum atomic E-state index is -1.07. The van der Waals surface area contributed by atoms with E-state index in [2.05, 4.69) is 10.6 Å². The number of rotatable bonds is 7. The fourth-order valence-electron chi connectivity index (χ4n) is 3.14. The van der Waals surface area contributed by atoms with Crippen LogP contribution in [-0.2, 0) is 16.0 Å². The van der Waals surface area contributed by atoms with Crippen molar-refractivity contribution in [3.8, 4) is 5.75 Å². The van der Waals surface area contributed by atoms with Crippen LogP contribution in [0.5, 0.6) is 5.75 Å². The molecule has 1 heterocycles. The van der Waals surface area contributed by atoms with E-state index in [1.807, 2.05) is 24.3 Å². The van der Waals surface area contributed by atoms with E-state index in [1.54, 1.807) is 38.3 Å². The fourth-order valence-corrected chi connectivity index (χ4v) is 3.33. The van der Waals surface area contributed by atoms with E-state index in [-0.39, 0.29) is 6.54 Å². The number of carbonyl (C=O) groups excluding carboxylic acids is 3. The van der Waals surface area contributed by atoms with Gasteiger partial charge in [0.1, 0.15) is 17.8 Å². The van der Waals surface area contributed by atoms with Crippen LogP contribution in [0.15, 0.2) is 48.5 Å². The second-order valence-electron chi connectivity index (χ2n) is 7.03. The van der Waals surface area contributed by atoms with Crippen molar-refractivity contribution in [3.05, 3.63) is 59.1 Å². The zero-order valence-corrected chi connectivity index (χ0v) is 17.0. The maximum atomic E-state index is 12.8. The van der Waals surface area contributed by atoms with Gasteiger partial charge in [0.05, 0.1) is 17.8 Å². The van der Waals surface area contributed by atoms with E-state index in [0.29, 0.717) is 23.6 Å². The van der Waals surface area contributed by atoms with Crippen LogP contribution in [-0.4, -0.2) is 41.9 Å². The lowest BCUT2D eigenvalue weighted by Gasteiger charge is -2.21. The summed E-state index contributed by atoms with van der Waals surface area (Å²) in [6.45, 7) is 1.29. The minimum Gasteiger partial charge on any atom is -0.497 e. The van der Waals surface area contributed by atoms with Gasteiger partial charge in [0.15, 0.2) is 0 Å². The average molecular weight is 416 g/mol. The Morgan fingerprint density at radius 1 is 1.17 bits per heavy atom. The van der Waals surface area contributed by atoms with Crippen LogP contribution in [0.4, 0.5) is 10.5 Å². The fraction of sp³-hybridized carbons (Fsp3) is 0.286. The molecule has 0 spiro atoms. The van der Waals surface area contributed by atoms with Crippen LogP contribution in [0, 0.1) is 0 Å². The third-order valence-electron chi connectivity index (χ3n) is 4.87. The first-order valence-electron chi connectivity index (χ1n) is 9.14. The number of nitrogens with one attached hydrogen (secondary N) is 2. The van der Waals surface area contributed by atoms with Gasteiger partial charge in [0.2, 0.25) is 5.91 Å². The molecule has 0 aromatic heterocycles. The highest BCUT2D eigenvalue weighted by Gasteiger charge is 2.47. The first kappa shape index (κ1) is 20.7. The van der Waals surface area contributed by atoms with Gasteiger partial charge in [-0.2, -0.15) is 0 Å². The van der Waals surface area contributed by atoms with E-state index < -0.39 is 23.4 Å². The van der Waals surface area contributed by atoms with Crippen molar-refractivity contribution >= 4 is 35.1 Å². The maximum absolute atomic E-state index is 12.8. The Bertz CT molecular complexity index is 932. The van der Waals surface area contributed by atoms with E-state index in [0.717, 1.165) is 16.2 Å². The molecule has 1 aliphatic heterocycles. The van der Waals surface area contributed by atoms with Crippen molar-refractivity contribution in [2.24, 2.45) is 0 Å². The van der Waals surface area contributed by atoms with Gasteiger partial charge < -0.3 is 15.4 Å². The number of halogens is 1. The Kier molecular flexibility index (Phi) is 6.08. The lowest BCUT2D eigenvalue weighted by atomic mass is 9.93. The van der Waals surface area contributed by atoms with Crippen molar-refractivity contribution in [1.29, 1.82) is 0 Å². The van der Waals surface area contributed by atoms with Crippen LogP contribution >= 0.6 is 11.6 Å². The van der Waals surface area contributed by atoms with E-state index in [1.165, 1.54) is 0 Å². The van der Waals surface area contributed by atoms with Crippen LogP contribution < -0.4 is 15.4 Å². The third-order valence-corrected chi connectivity index (χ3v) is 5.20. The first-order valence-corrected chi connectivity index (χ1v) is 9.51. The summed E-state index contributed by atoms with van der Waals surface area (Å²) in [5, 5.41) is 5.71. The second-order valence-corrected chi connectivity index (χ2v) is 7.44. The summed E-state index contributed by atoms with van der Waals surface area (Å²) in [4.78, 5) is 38.4. The maximum Gasteiger partial charge on any atom is 0.325 e. The number of hydrogen-bond acceptors (Lipinski definition) is 4. The van der Waals surface area contributed by atoms with Gasteiger partial charge in [-0.15, -0.1) is 0 Å². The van der Waals surface area contributed by atoms with Gasteiger partial charge in [-0.25, -0.2) is 4.79 Å². The summed E-state index contributed by atoms with van der Waals surface area (Å²) < 4.78 is 5.14. The summed E-state index contributed by atoms with van der Waals surface area (Å²) in [5.41, 5.74) is 0.374. The smallest absolute Gasteiger partial charge is 0.325 e. The average Bonchev–Trinajstić information content (AvgIpc) is 2.92. The molecular weight excluding hydrogens is 394 g/mol. The number of urea groups is 1. The minimum absolute atomic E-state index is 0.377. The molecule has 2 N–H and O–H groups in total. The Hall–Kier alpha value is -3.06. The quantitative estimate of drug-likeness (QED) is 0.679.